The number of aromatic nitrogens is 1. The Bertz CT molecular complexity index is 1460. The van der Waals surface area contributed by atoms with Crippen molar-refractivity contribution in [1.82, 2.24) is 4.98 Å². The number of benzene rings is 3. The van der Waals surface area contributed by atoms with E-state index in [-0.39, 0.29) is 5.56 Å². The van der Waals surface area contributed by atoms with Gasteiger partial charge in [0.2, 0.25) is 0 Å². The van der Waals surface area contributed by atoms with Crippen LogP contribution in [0, 0.1) is 6.92 Å². The lowest BCUT2D eigenvalue weighted by atomic mass is 10.1. The molecule has 0 bridgehead atoms. The van der Waals surface area contributed by atoms with Crippen molar-refractivity contribution in [2.75, 3.05) is 15.5 Å². The van der Waals surface area contributed by atoms with Gasteiger partial charge in [0.25, 0.3) is 11.8 Å². The van der Waals surface area contributed by atoms with Crippen LogP contribution in [0.2, 0.25) is 5.02 Å². The third kappa shape index (κ3) is 3.68. The van der Waals surface area contributed by atoms with Crippen LogP contribution in [0.1, 0.15) is 26.3 Å². The number of urea groups is 1. The van der Waals surface area contributed by atoms with E-state index < -0.39 is 17.8 Å². The van der Waals surface area contributed by atoms with Gasteiger partial charge in [-0.3, -0.25) is 14.6 Å². The Hall–Kier alpha value is -4.23. The molecule has 0 saturated carbocycles. The van der Waals surface area contributed by atoms with E-state index in [1.165, 1.54) is 6.07 Å². The van der Waals surface area contributed by atoms with E-state index in [0.29, 0.717) is 33.2 Å². The summed E-state index contributed by atoms with van der Waals surface area (Å²) >= 11 is 5.99. The number of anilines is 3. The summed E-state index contributed by atoms with van der Waals surface area (Å²) < 4.78 is 0. The van der Waals surface area contributed by atoms with Gasteiger partial charge in [-0.05, 0) is 61.0 Å². The van der Waals surface area contributed by atoms with Gasteiger partial charge in [-0.2, -0.15) is 0 Å². The van der Waals surface area contributed by atoms with Crippen LogP contribution < -0.4 is 15.5 Å². The monoisotopic (exact) mass is 456 g/mol. The molecule has 2 N–H and O–H groups in total. The van der Waals surface area contributed by atoms with Crippen molar-refractivity contribution in [3.63, 3.8) is 0 Å². The van der Waals surface area contributed by atoms with Gasteiger partial charge < -0.3 is 10.6 Å². The van der Waals surface area contributed by atoms with Crippen LogP contribution in [0.5, 0.6) is 0 Å². The molecule has 7 nitrogen and oxygen atoms in total. The zero-order valence-electron chi connectivity index (χ0n) is 17.4. The average molecular weight is 457 g/mol. The number of carbonyl (C=O) groups is 3. The number of hydrogen-bond acceptors (Lipinski definition) is 4. The molecule has 0 unspecified atom stereocenters. The summed E-state index contributed by atoms with van der Waals surface area (Å²) in [5.74, 6) is -0.832. The number of amides is 4. The molecule has 0 aliphatic carbocycles. The van der Waals surface area contributed by atoms with Gasteiger partial charge >= 0.3 is 6.03 Å². The predicted octanol–water partition coefficient (Wildman–Crippen LogP) is 5.64. The highest BCUT2D eigenvalue weighted by Gasteiger charge is 2.37. The van der Waals surface area contributed by atoms with Crippen LogP contribution in [0.3, 0.4) is 0 Å². The highest BCUT2D eigenvalue weighted by molar-refractivity contribution is 6.37. The lowest BCUT2D eigenvalue weighted by molar-refractivity contribution is 0.0926. The van der Waals surface area contributed by atoms with Gasteiger partial charge in [-0.25, -0.2) is 9.69 Å². The van der Waals surface area contributed by atoms with Gasteiger partial charge in [0.05, 0.1) is 28.0 Å². The normalized spacial score (nSPS) is 12.7. The first-order valence-corrected chi connectivity index (χ1v) is 10.5. The Labute approximate surface area is 194 Å². The molecule has 0 fully saturated rings. The molecule has 4 aromatic rings. The second-order valence-corrected chi connectivity index (χ2v) is 8.03. The molecule has 1 aromatic heterocycles. The number of nitrogens with zero attached hydrogens (tertiary/aromatic N) is 2. The van der Waals surface area contributed by atoms with Crippen molar-refractivity contribution in [1.29, 1.82) is 0 Å². The Morgan fingerprint density at radius 3 is 2.52 bits per heavy atom. The Kier molecular flexibility index (Phi) is 5.03. The van der Waals surface area contributed by atoms with E-state index in [4.69, 9.17) is 11.6 Å². The maximum absolute atomic E-state index is 12.8. The minimum Gasteiger partial charge on any atom is -0.308 e. The second kappa shape index (κ2) is 8.03. The summed E-state index contributed by atoms with van der Waals surface area (Å²) in [6.45, 7) is 1.77. The fourth-order valence-electron chi connectivity index (χ4n) is 3.91. The molecule has 8 heteroatoms. The number of rotatable bonds is 3. The molecule has 1 aliphatic heterocycles. The predicted molar refractivity (Wildman–Crippen MR) is 128 cm³/mol. The third-order valence-electron chi connectivity index (χ3n) is 5.44. The second-order valence-electron chi connectivity index (χ2n) is 7.59. The first-order valence-electron chi connectivity index (χ1n) is 10.1. The minimum atomic E-state index is -0.427. The number of pyridine rings is 1. The molecule has 0 radical (unpaired) electrons. The van der Waals surface area contributed by atoms with Crippen molar-refractivity contribution in [2.24, 2.45) is 0 Å². The summed E-state index contributed by atoms with van der Waals surface area (Å²) in [6.07, 6.45) is 1.63. The zero-order valence-corrected chi connectivity index (χ0v) is 18.2. The number of fused-ring (bicyclic) bond motifs is 2. The molecule has 162 valence electrons. The number of para-hydroxylation sites is 1. The Morgan fingerprint density at radius 2 is 1.70 bits per heavy atom. The van der Waals surface area contributed by atoms with Crippen molar-refractivity contribution in [3.05, 3.63) is 94.6 Å². The first-order chi connectivity index (χ1) is 15.9. The molecule has 0 atom stereocenters. The molecular weight excluding hydrogens is 440 g/mol. The number of nitrogens with one attached hydrogen (secondary N) is 2. The number of hydrogen-bond donors (Lipinski definition) is 2. The van der Waals surface area contributed by atoms with Crippen LogP contribution in [0.4, 0.5) is 21.9 Å². The summed E-state index contributed by atoms with van der Waals surface area (Å²) in [4.78, 5) is 43.7. The highest BCUT2D eigenvalue weighted by Crippen LogP contribution is 2.33. The number of aryl methyl sites for hydroxylation is 1. The minimum absolute atomic E-state index is 0.276. The van der Waals surface area contributed by atoms with Gasteiger partial charge in [-0.1, -0.05) is 29.8 Å². The summed E-state index contributed by atoms with van der Waals surface area (Å²) in [5.41, 5.74) is 3.62. The largest absolute Gasteiger partial charge is 0.323 e. The molecule has 4 amide bonds. The van der Waals surface area contributed by atoms with Gasteiger partial charge in [0.1, 0.15) is 0 Å². The fourth-order valence-corrected chi connectivity index (χ4v) is 4.08. The summed E-state index contributed by atoms with van der Waals surface area (Å²) in [5, 5.41) is 6.83. The number of halogens is 1. The lowest BCUT2D eigenvalue weighted by Gasteiger charge is -2.18. The van der Waals surface area contributed by atoms with E-state index in [2.05, 4.69) is 15.6 Å². The topological polar surface area (TPSA) is 91.4 Å². The van der Waals surface area contributed by atoms with Gasteiger partial charge in [0.15, 0.2) is 0 Å². The van der Waals surface area contributed by atoms with E-state index in [1.807, 2.05) is 24.3 Å². The molecule has 1 aliphatic rings. The maximum Gasteiger partial charge on any atom is 0.323 e. The van der Waals surface area contributed by atoms with Gasteiger partial charge in [0, 0.05) is 22.3 Å². The van der Waals surface area contributed by atoms with E-state index >= 15 is 0 Å². The van der Waals surface area contributed by atoms with Crippen LogP contribution in [-0.4, -0.2) is 22.8 Å². The highest BCUT2D eigenvalue weighted by atomic mass is 35.5. The summed E-state index contributed by atoms with van der Waals surface area (Å²) in [7, 11) is 0. The molecule has 0 saturated heterocycles. The quantitative estimate of drug-likeness (QED) is 0.390. The molecule has 33 heavy (non-hydrogen) atoms. The molecular formula is C25H17ClN4O3. The molecule has 3 aromatic carbocycles. The number of carbonyl (C=O) groups excluding carboxylic acids is 3. The average Bonchev–Trinajstić information content (AvgIpc) is 3.04. The van der Waals surface area contributed by atoms with Crippen molar-refractivity contribution in [2.45, 2.75) is 6.92 Å². The third-order valence-corrected chi connectivity index (χ3v) is 5.68. The summed E-state index contributed by atoms with van der Waals surface area (Å²) in [6, 6.07) is 18.4. The maximum atomic E-state index is 12.8. The van der Waals surface area contributed by atoms with E-state index in [0.717, 1.165) is 15.8 Å². The van der Waals surface area contributed by atoms with Crippen molar-refractivity contribution < 1.29 is 14.4 Å². The van der Waals surface area contributed by atoms with E-state index in [1.54, 1.807) is 49.5 Å². The van der Waals surface area contributed by atoms with Gasteiger partial charge in [-0.15, -0.1) is 0 Å². The fraction of sp³-hybridized carbons (Fsp3) is 0.0400. The standard InChI is InChI=1S/C25H17ClN4O3/c1-14-12-16(28-25(33)29-21-10-11-27-20-5-3-2-4-18(20)21)7-9-22(14)30-23(31)17-8-6-15(26)13-19(17)24(30)32/h2-13H,1H3,(H2,27,28,29,33). The van der Waals surface area contributed by atoms with Crippen molar-refractivity contribution in [3.8, 4) is 0 Å². The molecule has 5 rings (SSSR count). The number of imide groups is 1. The zero-order chi connectivity index (χ0) is 23.1. The smallest absolute Gasteiger partial charge is 0.308 e. The Balaban J connectivity index is 1.36. The first kappa shape index (κ1) is 20.7. The van der Waals surface area contributed by atoms with Crippen molar-refractivity contribution >= 4 is 57.4 Å². The van der Waals surface area contributed by atoms with Crippen LogP contribution in [-0.2, 0) is 0 Å². The van der Waals surface area contributed by atoms with E-state index in [9.17, 15) is 14.4 Å². The molecule has 0 spiro atoms. The Morgan fingerprint density at radius 1 is 0.909 bits per heavy atom. The van der Waals surface area contributed by atoms with Crippen LogP contribution >= 0.6 is 11.6 Å². The SMILES string of the molecule is Cc1cc(NC(=O)Nc2ccnc3ccccc23)ccc1N1C(=O)c2ccc(Cl)cc2C1=O. The van der Waals surface area contributed by atoms with Crippen LogP contribution in [0.15, 0.2) is 72.9 Å². The van der Waals surface area contributed by atoms with Crippen LogP contribution in [0.25, 0.3) is 10.9 Å². The molecule has 2 heterocycles. The lowest BCUT2D eigenvalue weighted by Crippen LogP contribution is -2.30.